The minimum Gasteiger partial charge on any atom is -0.366 e. The maximum absolute atomic E-state index is 11.1. The summed E-state index contributed by atoms with van der Waals surface area (Å²) < 4.78 is 2.06. The van der Waals surface area contributed by atoms with Crippen molar-refractivity contribution in [3.63, 3.8) is 0 Å². The zero-order valence-electron chi connectivity index (χ0n) is 9.21. The third kappa shape index (κ3) is 1.80. The maximum Gasteiger partial charge on any atom is 0.248 e. The summed E-state index contributed by atoms with van der Waals surface area (Å²) in [5.41, 5.74) is 6.64. The van der Waals surface area contributed by atoms with E-state index in [2.05, 4.69) is 14.8 Å². The van der Waals surface area contributed by atoms with Gasteiger partial charge in [0.1, 0.15) is 6.33 Å². The van der Waals surface area contributed by atoms with Crippen LogP contribution in [0.4, 0.5) is 0 Å². The molecule has 2 N–H and O–H groups in total. The van der Waals surface area contributed by atoms with E-state index in [-0.39, 0.29) is 0 Å². The molecule has 0 radical (unpaired) electrons. The number of carbonyl (C=O) groups excluding carboxylic acids is 1. The third-order valence-electron chi connectivity index (χ3n) is 2.92. The van der Waals surface area contributed by atoms with Crippen LogP contribution in [-0.4, -0.2) is 20.7 Å². The molecule has 0 spiro atoms. The average Bonchev–Trinajstić information content (AvgIpc) is 3.07. The number of rotatable bonds is 3. The van der Waals surface area contributed by atoms with Gasteiger partial charge in [-0.15, -0.1) is 10.2 Å². The number of nitrogens with two attached hydrogens (primary N) is 1. The average molecular weight is 228 g/mol. The van der Waals surface area contributed by atoms with Crippen molar-refractivity contribution in [1.82, 2.24) is 14.8 Å². The summed E-state index contributed by atoms with van der Waals surface area (Å²) in [6.07, 6.45) is 4.07. The number of aromatic nitrogens is 3. The molecule has 1 heterocycles. The largest absolute Gasteiger partial charge is 0.366 e. The van der Waals surface area contributed by atoms with Crippen LogP contribution >= 0.6 is 0 Å². The Morgan fingerprint density at radius 2 is 2.24 bits per heavy atom. The summed E-state index contributed by atoms with van der Waals surface area (Å²) in [7, 11) is 0. The number of amides is 1. The quantitative estimate of drug-likeness (QED) is 0.862. The second kappa shape index (κ2) is 3.69. The molecular weight excluding hydrogens is 216 g/mol. The molecule has 1 amide bonds. The standard InChI is InChI=1S/C12H12N4O/c13-11(17)8-2-1-3-9(6-8)12-15-14-7-16(12)10-4-5-10/h1-3,6-7,10H,4-5H2,(H2,13,17). The van der Waals surface area contributed by atoms with Gasteiger partial charge < -0.3 is 10.3 Å². The van der Waals surface area contributed by atoms with Crippen molar-refractivity contribution < 1.29 is 4.79 Å². The molecule has 0 saturated heterocycles. The predicted octanol–water partition coefficient (Wildman–Crippen LogP) is 1.38. The number of nitrogens with zero attached hydrogens (tertiary/aromatic N) is 3. The lowest BCUT2D eigenvalue weighted by Crippen LogP contribution is -2.10. The summed E-state index contributed by atoms with van der Waals surface area (Å²) in [5.74, 6) is 0.375. The van der Waals surface area contributed by atoms with Crippen molar-refractivity contribution in [3.8, 4) is 11.4 Å². The Balaban J connectivity index is 2.05. The SMILES string of the molecule is NC(=O)c1cccc(-c2nncn2C2CC2)c1. The van der Waals surface area contributed by atoms with E-state index in [0.717, 1.165) is 11.4 Å². The first-order chi connectivity index (χ1) is 8.25. The predicted molar refractivity (Wildman–Crippen MR) is 62.2 cm³/mol. The Labute approximate surface area is 98.3 Å². The van der Waals surface area contributed by atoms with Crippen LogP contribution < -0.4 is 5.73 Å². The van der Waals surface area contributed by atoms with Gasteiger partial charge in [0, 0.05) is 17.2 Å². The minimum absolute atomic E-state index is 0.427. The van der Waals surface area contributed by atoms with Crippen molar-refractivity contribution >= 4 is 5.91 Å². The van der Waals surface area contributed by atoms with E-state index in [1.54, 1.807) is 24.5 Å². The second-order valence-corrected chi connectivity index (χ2v) is 4.24. The Morgan fingerprint density at radius 1 is 1.41 bits per heavy atom. The normalized spacial score (nSPS) is 14.8. The molecule has 2 aromatic rings. The zero-order valence-corrected chi connectivity index (χ0v) is 9.21. The van der Waals surface area contributed by atoms with Gasteiger partial charge in [0.25, 0.3) is 0 Å². The fourth-order valence-corrected chi connectivity index (χ4v) is 1.88. The molecule has 1 fully saturated rings. The van der Waals surface area contributed by atoms with Gasteiger partial charge >= 0.3 is 0 Å². The zero-order chi connectivity index (χ0) is 11.8. The van der Waals surface area contributed by atoms with Crippen LogP contribution in [-0.2, 0) is 0 Å². The second-order valence-electron chi connectivity index (χ2n) is 4.24. The number of carbonyl (C=O) groups is 1. The van der Waals surface area contributed by atoms with Crippen LogP contribution in [0, 0.1) is 0 Å². The number of primary amides is 1. The molecular formula is C12H12N4O. The van der Waals surface area contributed by atoms with Crippen LogP contribution in [0.1, 0.15) is 29.2 Å². The Hall–Kier alpha value is -2.17. The van der Waals surface area contributed by atoms with E-state index in [0.29, 0.717) is 11.6 Å². The van der Waals surface area contributed by atoms with E-state index in [1.165, 1.54) is 12.8 Å². The summed E-state index contributed by atoms with van der Waals surface area (Å²) in [5, 5.41) is 8.04. The monoisotopic (exact) mass is 228 g/mol. The van der Waals surface area contributed by atoms with Crippen LogP contribution in [0.3, 0.4) is 0 Å². The molecule has 1 aromatic heterocycles. The van der Waals surface area contributed by atoms with Gasteiger partial charge in [-0.2, -0.15) is 0 Å². The van der Waals surface area contributed by atoms with Crippen LogP contribution in [0.5, 0.6) is 0 Å². The maximum atomic E-state index is 11.1. The van der Waals surface area contributed by atoms with Gasteiger partial charge in [-0.25, -0.2) is 0 Å². The first-order valence-electron chi connectivity index (χ1n) is 5.55. The van der Waals surface area contributed by atoms with E-state index in [4.69, 9.17) is 5.73 Å². The van der Waals surface area contributed by atoms with E-state index in [1.807, 2.05) is 6.07 Å². The lowest BCUT2D eigenvalue weighted by Gasteiger charge is -2.05. The molecule has 1 saturated carbocycles. The summed E-state index contributed by atoms with van der Waals surface area (Å²) in [6.45, 7) is 0. The molecule has 5 nitrogen and oxygen atoms in total. The molecule has 1 aliphatic rings. The van der Waals surface area contributed by atoms with Crippen molar-refractivity contribution in [2.24, 2.45) is 5.73 Å². The highest BCUT2D eigenvalue weighted by Crippen LogP contribution is 2.37. The smallest absolute Gasteiger partial charge is 0.248 e. The van der Waals surface area contributed by atoms with Crippen LogP contribution in [0.25, 0.3) is 11.4 Å². The number of hydrogen-bond donors (Lipinski definition) is 1. The third-order valence-corrected chi connectivity index (χ3v) is 2.92. The summed E-state index contributed by atoms with van der Waals surface area (Å²) in [6, 6.07) is 7.68. The summed E-state index contributed by atoms with van der Waals surface area (Å²) in [4.78, 5) is 11.1. The highest BCUT2D eigenvalue weighted by Gasteiger charge is 2.26. The Kier molecular flexibility index (Phi) is 2.18. The molecule has 1 aliphatic carbocycles. The minimum atomic E-state index is -0.427. The van der Waals surface area contributed by atoms with Gasteiger partial charge in [-0.05, 0) is 25.0 Å². The molecule has 0 bridgehead atoms. The molecule has 0 unspecified atom stereocenters. The lowest BCUT2D eigenvalue weighted by atomic mass is 10.1. The van der Waals surface area contributed by atoms with Crippen molar-refractivity contribution in [2.45, 2.75) is 18.9 Å². The Morgan fingerprint density at radius 3 is 2.94 bits per heavy atom. The molecule has 17 heavy (non-hydrogen) atoms. The first kappa shape index (κ1) is 10.0. The molecule has 0 atom stereocenters. The summed E-state index contributed by atoms with van der Waals surface area (Å²) >= 11 is 0. The van der Waals surface area contributed by atoms with Crippen LogP contribution in [0.2, 0.25) is 0 Å². The van der Waals surface area contributed by atoms with Gasteiger partial charge in [-0.1, -0.05) is 12.1 Å². The number of hydrogen-bond acceptors (Lipinski definition) is 3. The fraction of sp³-hybridized carbons (Fsp3) is 0.250. The molecule has 1 aromatic carbocycles. The molecule has 5 heteroatoms. The van der Waals surface area contributed by atoms with Gasteiger partial charge in [0.2, 0.25) is 5.91 Å². The van der Waals surface area contributed by atoms with Gasteiger partial charge in [0.05, 0.1) is 0 Å². The topological polar surface area (TPSA) is 73.8 Å². The van der Waals surface area contributed by atoms with Gasteiger partial charge in [0.15, 0.2) is 5.82 Å². The first-order valence-corrected chi connectivity index (χ1v) is 5.55. The van der Waals surface area contributed by atoms with E-state index < -0.39 is 5.91 Å². The molecule has 0 aliphatic heterocycles. The molecule has 3 rings (SSSR count). The highest BCUT2D eigenvalue weighted by atomic mass is 16.1. The van der Waals surface area contributed by atoms with Crippen LogP contribution in [0.15, 0.2) is 30.6 Å². The Bertz CT molecular complexity index is 571. The fourth-order valence-electron chi connectivity index (χ4n) is 1.88. The number of benzene rings is 1. The van der Waals surface area contributed by atoms with E-state index >= 15 is 0 Å². The van der Waals surface area contributed by atoms with Crippen molar-refractivity contribution in [2.75, 3.05) is 0 Å². The molecule has 86 valence electrons. The van der Waals surface area contributed by atoms with E-state index in [9.17, 15) is 4.79 Å². The van der Waals surface area contributed by atoms with Gasteiger partial charge in [-0.3, -0.25) is 4.79 Å². The van der Waals surface area contributed by atoms with Crippen molar-refractivity contribution in [1.29, 1.82) is 0 Å². The highest BCUT2D eigenvalue weighted by molar-refractivity contribution is 5.93. The van der Waals surface area contributed by atoms with Crippen molar-refractivity contribution in [3.05, 3.63) is 36.2 Å². The lowest BCUT2D eigenvalue weighted by molar-refractivity contribution is 0.100.